The fourth-order valence-electron chi connectivity index (χ4n) is 3.49. The van der Waals surface area contributed by atoms with Crippen LogP contribution in [0.15, 0.2) is 54.6 Å². The van der Waals surface area contributed by atoms with Crippen molar-refractivity contribution in [3.8, 4) is 11.6 Å². The molecule has 6 nitrogen and oxygen atoms in total. The van der Waals surface area contributed by atoms with Gasteiger partial charge < -0.3 is 19.7 Å². The summed E-state index contributed by atoms with van der Waals surface area (Å²) in [7, 11) is 0. The molecule has 0 saturated carbocycles. The van der Waals surface area contributed by atoms with Gasteiger partial charge in [0.2, 0.25) is 0 Å². The van der Waals surface area contributed by atoms with E-state index in [1.807, 2.05) is 24.3 Å². The fraction of sp³-hybridized carbons (Fsp3) is 0.304. The molecule has 152 valence electrons. The standard InChI is InChI=1S/C23H27N3O3/c1-17-12-13-18(2)26(17)22-11-6-9-20(24-22)8-3-4-14-25(23(28)29)16-19-7-5-10-21(27)15-19/h5-7,9-13,15,27H,3-4,8,14,16H2,1-2H3,(H,28,29). The number of aromatic nitrogens is 2. The molecule has 3 rings (SSSR count). The Balaban J connectivity index is 1.55. The molecule has 0 atom stereocenters. The first-order valence-corrected chi connectivity index (χ1v) is 9.81. The predicted molar refractivity (Wildman–Crippen MR) is 113 cm³/mol. The van der Waals surface area contributed by atoms with Gasteiger partial charge in [0.25, 0.3) is 0 Å². The van der Waals surface area contributed by atoms with Crippen LogP contribution < -0.4 is 0 Å². The maximum absolute atomic E-state index is 11.5. The maximum atomic E-state index is 11.5. The van der Waals surface area contributed by atoms with Crippen LogP contribution in [0.3, 0.4) is 0 Å². The molecule has 2 aromatic heterocycles. The number of pyridine rings is 1. The quantitative estimate of drug-likeness (QED) is 0.544. The molecule has 0 unspecified atom stereocenters. The normalized spacial score (nSPS) is 10.8. The summed E-state index contributed by atoms with van der Waals surface area (Å²) < 4.78 is 2.13. The summed E-state index contributed by atoms with van der Waals surface area (Å²) in [4.78, 5) is 17.7. The summed E-state index contributed by atoms with van der Waals surface area (Å²) in [6.45, 7) is 4.84. The van der Waals surface area contributed by atoms with Crippen LogP contribution >= 0.6 is 0 Å². The van der Waals surface area contributed by atoms with Gasteiger partial charge in [-0.2, -0.15) is 0 Å². The third-order valence-electron chi connectivity index (χ3n) is 4.96. The van der Waals surface area contributed by atoms with Crippen LogP contribution in [0.5, 0.6) is 5.75 Å². The summed E-state index contributed by atoms with van der Waals surface area (Å²) >= 11 is 0. The number of aryl methyl sites for hydroxylation is 3. The molecule has 0 aliphatic heterocycles. The Morgan fingerprint density at radius 1 is 1.03 bits per heavy atom. The molecule has 1 amide bonds. The number of unbranched alkanes of at least 4 members (excludes halogenated alkanes) is 1. The van der Waals surface area contributed by atoms with Crippen molar-refractivity contribution < 1.29 is 15.0 Å². The summed E-state index contributed by atoms with van der Waals surface area (Å²) in [6, 6.07) is 16.9. The Morgan fingerprint density at radius 3 is 2.45 bits per heavy atom. The van der Waals surface area contributed by atoms with Crippen molar-refractivity contribution in [3.63, 3.8) is 0 Å². The van der Waals surface area contributed by atoms with E-state index in [0.29, 0.717) is 6.54 Å². The molecule has 0 aliphatic rings. The number of rotatable bonds is 8. The molecule has 3 aromatic rings. The topological polar surface area (TPSA) is 78.6 Å². The smallest absolute Gasteiger partial charge is 0.407 e. The van der Waals surface area contributed by atoms with Gasteiger partial charge >= 0.3 is 6.09 Å². The molecule has 0 radical (unpaired) electrons. The van der Waals surface area contributed by atoms with Gasteiger partial charge in [0.05, 0.1) is 0 Å². The third-order valence-corrected chi connectivity index (χ3v) is 4.96. The number of nitrogens with zero attached hydrogens (tertiary/aromatic N) is 3. The number of benzene rings is 1. The van der Waals surface area contributed by atoms with Crippen molar-refractivity contribution in [1.29, 1.82) is 0 Å². The Bertz CT molecular complexity index is 962. The number of carboxylic acid groups (broad SMARTS) is 1. The van der Waals surface area contributed by atoms with E-state index in [1.54, 1.807) is 18.2 Å². The average molecular weight is 393 g/mol. The molecule has 6 heteroatoms. The molecule has 0 bridgehead atoms. The van der Waals surface area contributed by atoms with E-state index in [2.05, 4.69) is 30.5 Å². The first-order valence-electron chi connectivity index (χ1n) is 9.81. The van der Waals surface area contributed by atoms with E-state index in [4.69, 9.17) is 4.98 Å². The number of phenolic OH excluding ortho intramolecular Hbond substituents is 1. The van der Waals surface area contributed by atoms with Crippen molar-refractivity contribution in [2.75, 3.05) is 6.54 Å². The largest absolute Gasteiger partial charge is 0.508 e. The molecule has 2 N–H and O–H groups in total. The number of aromatic hydroxyl groups is 1. The maximum Gasteiger partial charge on any atom is 0.407 e. The van der Waals surface area contributed by atoms with Gasteiger partial charge in [0, 0.05) is 30.2 Å². The van der Waals surface area contributed by atoms with E-state index in [1.165, 1.54) is 4.90 Å². The van der Waals surface area contributed by atoms with Crippen LogP contribution in [0.2, 0.25) is 0 Å². The molecule has 1 aromatic carbocycles. The van der Waals surface area contributed by atoms with Crippen molar-refractivity contribution in [3.05, 3.63) is 77.2 Å². The van der Waals surface area contributed by atoms with Crippen molar-refractivity contribution >= 4 is 6.09 Å². The molecule has 29 heavy (non-hydrogen) atoms. The lowest BCUT2D eigenvalue weighted by molar-refractivity contribution is 0.141. The van der Waals surface area contributed by atoms with Crippen LogP contribution in [0.4, 0.5) is 4.79 Å². The highest BCUT2D eigenvalue weighted by atomic mass is 16.4. The fourth-order valence-corrected chi connectivity index (χ4v) is 3.49. The van der Waals surface area contributed by atoms with E-state index in [9.17, 15) is 15.0 Å². The second-order valence-electron chi connectivity index (χ2n) is 7.27. The van der Waals surface area contributed by atoms with Crippen LogP contribution in [0.25, 0.3) is 5.82 Å². The highest BCUT2D eigenvalue weighted by Gasteiger charge is 2.12. The van der Waals surface area contributed by atoms with E-state index >= 15 is 0 Å². The SMILES string of the molecule is Cc1ccc(C)n1-c1cccc(CCCCN(Cc2cccc(O)c2)C(=O)O)n1. The molecular weight excluding hydrogens is 366 g/mol. The predicted octanol–water partition coefficient (Wildman–Crippen LogP) is 4.70. The average Bonchev–Trinajstić information content (AvgIpc) is 3.02. The number of carbonyl (C=O) groups is 1. The van der Waals surface area contributed by atoms with Gasteiger partial charge in [-0.3, -0.25) is 0 Å². The lowest BCUT2D eigenvalue weighted by Crippen LogP contribution is -2.30. The summed E-state index contributed by atoms with van der Waals surface area (Å²) in [5, 5.41) is 19.0. The van der Waals surface area contributed by atoms with E-state index in [0.717, 1.165) is 47.7 Å². The van der Waals surface area contributed by atoms with Gasteiger partial charge in [-0.15, -0.1) is 0 Å². The van der Waals surface area contributed by atoms with Gasteiger partial charge in [-0.1, -0.05) is 18.2 Å². The highest BCUT2D eigenvalue weighted by molar-refractivity contribution is 5.65. The Morgan fingerprint density at radius 2 is 1.76 bits per heavy atom. The number of amides is 1. The van der Waals surface area contributed by atoms with Crippen LogP contribution in [0.1, 0.15) is 35.5 Å². The van der Waals surface area contributed by atoms with Crippen LogP contribution in [-0.2, 0) is 13.0 Å². The summed E-state index contributed by atoms with van der Waals surface area (Å²) in [5.41, 5.74) is 4.08. The van der Waals surface area contributed by atoms with Crippen molar-refractivity contribution in [2.45, 2.75) is 39.7 Å². The van der Waals surface area contributed by atoms with Crippen LogP contribution in [0, 0.1) is 13.8 Å². The number of hydrogen-bond donors (Lipinski definition) is 2. The monoisotopic (exact) mass is 393 g/mol. The van der Waals surface area contributed by atoms with Gasteiger partial charge in [-0.05, 0) is 75.1 Å². The molecule has 0 aliphatic carbocycles. The Kier molecular flexibility index (Phi) is 6.54. The number of phenols is 1. The van der Waals surface area contributed by atoms with E-state index in [-0.39, 0.29) is 12.3 Å². The zero-order valence-corrected chi connectivity index (χ0v) is 16.9. The summed E-state index contributed by atoms with van der Waals surface area (Å²) in [5.74, 6) is 1.06. The second-order valence-corrected chi connectivity index (χ2v) is 7.27. The minimum absolute atomic E-state index is 0.145. The number of hydrogen-bond acceptors (Lipinski definition) is 3. The van der Waals surface area contributed by atoms with E-state index < -0.39 is 6.09 Å². The lowest BCUT2D eigenvalue weighted by atomic mass is 10.1. The van der Waals surface area contributed by atoms with Gasteiger partial charge in [0.1, 0.15) is 11.6 Å². The molecule has 0 fully saturated rings. The van der Waals surface area contributed by atoms with Gasteiger partial charge in [0.15, 0.2) is 0 Å². The molecule has 2 heterocycles. The first-order chi connectivity index (χ1) is 13.9. The van der Waals surface area contributed by atoms with Crippen LogP contribution in [-0.4, -0.2) is 37.3 Å². The molecule has 0 saturated heterocycles. The van der Waals surface area contributed by atoms with Gasteiger partial charge in [-0.25, -0.2) is 9.78 Å². The second kappa shape index (κ2) is 9.28. The minimum Gasteiger partial charge on any atom is -0.508 e. The van der Waals surface area contributed by atoms with Crippen molar-refractivity contribution in [2.24, 2.45) is 0 Å². The third kappa shape index (κ3) is 5.38. The summed E-state index contributed by atoms with van der Waals surface area (Å²) in [6.07, 6.45) is 1.45. The Labute approximate surface area is 171 Å². The molecular formula is C23H27N3O3. The molecule has 0 spiro atoms. The van der Waals surface area contributed by atoms with Crippen molar-refractivity contribution in [1.82, 2.24) is 14.5 Å². The minimum atomic E-state index is -0.952. The Hall–Kier alpha value is -3.28. The zero-order valence-electron chi connectivity index (χ0n) is 16.9. The zero-order chi connectivity index (χ0) is 20.8. The first kappa shape index (κ1) is 20.5. The lowest BCUT2D eigenvalue weighted by Gasteiger charge is -2.19. The highest BCUT2D eigenvalue weighted by Crippen LogP contribution is 2.16.